The highest BCUT2D eigenvalue weighted by Crippen LogP contribution is 2.36. The lowest BCUT2D eigenvalue weighted by Gasteiger charge is -2.17. The second-order valence-electron chi connectivity index (χ2n) is 10.1. The number of methoxy groups -OCH3 is 1. The standard InChI is InChI=1S/C33H28Cl3N3O3/c1-19(2)24-16-25(20(3)13-30(24)41-4)32-38-29-12-8-6-10-23(29)33(40)39(32)37-17-21-14-27(35)31(28(36)15-21)42-18-22-9-5-7-11-26(22)34/h5-17,19H,18H2,1-4H3. The van der Waals surface area contributed by atoms with Crippen LogP contribution in [0, 0.1) is 6.92 Å². The van der Waals surface area contributed by atoms with Crippen molar-refractivity contribution < 1.29 is 9.47 Å². The van der Waals surface area contributed by atoms with Crippen LogP contribution < -0.4 is 15.0 Å². The van der Waals surface area contributed by atoms with Crippen molar-refractivity contribution in [3.8, 4) is 22.9 Å². The first-order valence-corrected chi connectivity index (χ1v) is 14.4. The molecule has 0 radical (unpaired) electrons. The van der Waals surface area contributed by atoms with Crippen molar-refractivity contribution in [2.24, 2.45) is 5.10 Å². The van der Waals surface area contributed by atoms with E-state index in [0.717, 1.165) is 28.0 Å². The summed E-state index contributed by atoms with van der Waals surface area (Å²) in [5.41, 5.74) is 4.34. The molecule has 0 saturated carbocycles. The smallest absolute Gasteiger partial charge is 0.282 e. The van der Waals surface area contributed by atoms with Gasteiger partial charge in [0.15, 0.2) is 11.6 Å². The zero-order chi connectivity index (χ0) is 30.0. The molecule has 0 spiro atoms. The summed E-state index contributed by atoms with van der Waals surface area (Å²) >= 11 is 19.4. The minimum absolute atomic E-state index is 0.186. The zero-order valence-corrected chi connectivity index (χ0v) is 25.8. The van der Waals surface area contributed by atoms with Gasteiger partial charge in [-0.3, -0.25) is 4.79 Å². The summed E-state index contributed by atoms with van der Waals surface area (Å²) in [6.07, 6.45) is 1.53. The Morgan fingerprint density at radius 3 is 2.33 bits per heavy atom. The van der Waals surface area contributed by atoms with Crippen LogP contribution in [0.3, 0.4) is 0 Å². The van der Waals surface area contributed by atoms with Gasteiger partial charge in [0, 0.05) is 16.1 Å². The summed E-state index contributed by atoms with van der Waals surface area (Å²) < 4.78 is 12.8. The van der Waals surface area contributed by atoms with Gasteiger partial charge in [0.2, 0.25) is 0 Å². The van der Waals surface area contributed by atoms with E-state index in [4.69, 9.17) is 49.3 Å². The molecule has 0 bridgehead atoms. The molecule has 42 heavy (non-hydrogen) atoms. The topological polar surface area (TPSA) is 65.7 Å². The summed E-state index contributed by atoms with van der Waals surface area (Å²) in [7, 11) is 1.65. The number of aromatic nitrogens is 2. The fourth-order valence-corrected chi connectivity index (χ4v) is 5.46. The van der Waals surface area contributed by atoms with Crippen molar-refractivity contribution in [1.29, 1.82) is 0 Å². The van der Waals surface area contributed by atoms with Gasteiger partial charge in [-0.15, -0.1) is 0 Å². The number of benzene rings is 4. The molecule has 1 aromatic heterocycles. The molecule has 5 aromatic rings. The highest BCUT2D eigenvalue weighted by Gasteiger charge is 2.18. The fourth-order valence-electron chi connectivity index (χ4n) is 4.65. The Labute approximate surface area is 259 Å². The molecular formula is C33H28Cl3N3O3. The number of nitrogens with zero attached hydrogens (tertiary/aromatic N) is 3. The maximum Gasteiger partial charge on any atom is 0.282 e. The Hall–Kier alpha value is -3.84. The number of fused-ring (bicyclic) bond motifs is 1. The van der Waals surface area contributed by atoms with E-state index in [1.54, 1.807) is 37.4 Å². The second kappa shape index (κ2) is 12.6. The van der Waals surface area contributed by atoms with Crippen LogP contribution in [0.15, 0.2) is 82.7 Å². The van der Waals surface area contributed by atoms with Crippen LogP contribution in [0.4, 0.5) is 0 Å². The minimum Gasteiger partial charge on any atom is -0.496 e. The van der Waals surface area contributed by atoms with Crippen molar-refractivity contribution in [1.82, 2.24) is 9.66 Å². The number of hydrogen-bond acceptors (Lipinski definition) is 5. The van der Waals surface area contributed by atoms with Gasteiger partial charge in [-0.25, -0.2) is 4.98 Å². The molecule has 9 heteroatoms. The lowest BCUT2D eigenvalue weighted by molar-refractivity contribution is 0.306. The SMILES string of the molecule is COc1cc(C)c(-c2nc3ccccc3c(=O)n2N=Cc2cc(Cl)c(OCc3ccccc3Cl)c(Cl)c2)cc1C(C)C. The van der Waals surface area contributed by atoms with Crippen molar-refractivity contribution in [3.05, 3.63) is 120 Å². The van der Waals surface area contributed by atoms with Gasteiger partial charge in [0.1, 0.15) is 12.4 Å². The second-order valence-corrected chi connectivity index (χ2v) is 11.3. The van der Waals surface area contributed by atoms with Gasteiger partial charge in [-0.05, 0) is 72.0 Å². The number of ether oxygens (including phenoxy) is 2. The van der Waals surface area contributed by atoms with E-state index >= 15 is 0 Å². The maximum atomic E-state index is 13.7. The molecule has 6 nitrogen and oxygen atoms in total. The summed E-state index contributed by atoms with van der Waals surface area (Å²) in [6.45, 7) is 6.34. The van der Waals surface area contributed by atoms with Crippen molar-refractivity contribution >= 4 is 51.9 Å². The van der Waals surface area contributed by atoms with E-state index in [0.29, 0.717) is 43.1 Å². The van der Waals surface area contributed by atoms with Crippen molar-refractivity contribution in [2.75, 3.05) is 7.11 Å². The van der Waals surface area contributed by atoms with Gasteiger partial charge in [-0.1, -0.05) is 79.0 Å². The first-order valence-electron chi connectivity index (χ1n) is 13.3. The number of halogens is 3. The molecular weight excluding hydrogens is 593 g/mol. The summed E-state index contributed by atoms with van der Waals surface area (Å²) in [4.78, 5) is 18.6. The normalized spacial score (nSPS) is 11.5. The molecule has 0 aliphatic rings. The highest BCUT2D eigenvalue weighted by molar-refractivity contribution is 6.37. The molecule has 0 aliphatic heterocycles. The van der Waals surface area contributed by atoms with Crippen LogP contribution in [-0.4, -0.2) is 23.0 Å². The monoisotopic (exact) mass is 619 g/mol. The van der Waals surface area contributed by atoms with Crippen molar-refractivity contribution in [2.45, 2.75) is 33.3 Å². The highest BCUT2D eigenvalue weighted by atomic mass is 35.5. The maximum absolute atomic E-state index is 13.7. The van der Waals surface area contributed by atoms with E-state index in [9.17, 15) is 4.79 Å². The van der Waals surface area contributed by atoms with Crippen LogP contribution >= 0.6 is 34.8 Å². The number of hydrogen-bond donors (Lipinski definition) is 0. The van der Waals surface area contributed by atoms with Crippen LogP contribution in [0.5, 0.6) is 11.5 Å². The van der Waals surface area contributed by atoms with E-state index in [1.807, 2.05) is 49.4 Å². The quantitative estimate of drug-likeness (QED) is 0.163. The molecule has 214 valence electrons. The summed E-state index contributed by atoms with van der Waals surface area (Å²) in [5, 5.41) is 6.23. The van der Waals surface area contributed by atoms with Gasteiger partial charge in [-0.2, -0.15) is 9.78 Å². The number of para-hydroxylation sites is 1. The third-order valence-corrected chi connectivity index (χ3v) is 7.80. The van der Waals surface area contributed by atoms with Gasteiger partial charge < -0.3 is 9.47 Å². The molecule has 4 aromatic carbocycles. The zero-order valence-electron chi connectivity index (χ0n) is 23.5. The average Bonchev–Trinajstić information content (AvgIpc) is 2.96. The van der Waals surface area contributed by atoms with Crippen LogP contribution in [0.25, 0.3) is 22.3 Å². The van der Waals surface area contributed by atoms with E-state index < -0.39 is 0 Å². The molecule has 1 heterocycles. The third kappa shape index (κ3) is 6.02. The van der Waals surface area contributed by atoms with E-state index in [1.165, 1.54) is 10.9 Å². The predicted molar refractivity (Wildman–Crippen MR) is 172 cm³/mol. The minimum atomic E-state index is -0.301. The van der Waals surface area contributed by atoms with Crippen LogP contribution in [0.1, 0.15) is 42.0 Å². The Bertz CT molecular complexity index is 1860. The lowest BCUT2D eigenvalue weighted by Crippen LogP contribution is -2.20. The van der Waals surface area contributed by atoms with Gasteiger partial charge in [0.25, 0.3) is 5.56 Å². The number of rotatable bonds is 8. The largest absolute Gasteiger partial charge is 0.496 e. The first-order chi connectivity index (χ1) is 20.2. The van der Waals surface area contributed by atoms with Crippen molar-refractivity contribution in [3.63, 3.8) is 0 Å². The molecule has 0 fully saturated rings. The lowest BCUT2D eigenvalue weighted by atomic mass is 9.96. The Kier molecular flexibility index (Phi) is 8.88. The molecule has 0 atom stereocenters. The summed E-state index contributed by atoms with van der Waals surface area (Å²) in [5.74, 6) is 1.71. The molecule has 0 amide bonds. The Morgan fingerprint density at radius 1 is 0.952 bits per heavy atom. The first kappa shape index (κ1) is 29.6. The predicted octanol–water partition coefficient (Wildman–Crippen LogP) is 8.93. The van der Waals surface area contributed by atoms with Gasteiger partial charge >= 0.3 is 0 Å². The molecule has 5 rings (SSSR count). The van der Waals surface area contributed by atoms with E-state index in [2.05, 4.69) is 18.9 Å². The molecule has 0 unspecified atom stereocenters. The molecule has 0 N–H and O–H groups in total. The van der Waals surface area contributed by atoms with Gasteiger partial charge in [0.05, 0.1) is 34.3 Å². The third-order valence-electron chi connectivity index (χ3n) is 6.87. The van der Waals surface area contributed by atoms with Crippen LogP contribution in [0.2, 0.25) is 15.1 Å². The van der Waals surface area contributed by atoms with Crippen LogP contribution in [-0.2, 0) is 6.61 Å². The molecule has 0 aliphatic carbocycles. The molecule has 0 saturated heterocycles. The fraction of sp³-hybridized carbons (Fsp3) is 0.182. The average molecular weight is 621 g/mol. The summed E-state index contributed by atoms with van der Waals surface area (Å²) in [6, 6.07) is 21.9. The Balaban J connectivity index is 1.57. The van der Waals surface area contributed by atoms with E-state index in [-0.39, 0.29) is 18.1 Å². The Morgan fingerprint density at radius 2 is 1.64 bits per heavy atom. The number of aryl methyl sites for hydroxylation is 1.